The molecule has 0 fully saturated rings. The fourth-order valence-electron chi connectivity index (χ4n) is 2.36. The van der Waals surface area contributed by atoms with E-state index in [1.54, 1.807) is 6.26 Å². The van der Waals surface area contributed by atoms with Crippen molar-refractivity contribution in [3.8, 4) is 11.3 Å². The van der Waals surface area contributed by atoms with Gasteiger partial charge in [0, 0.05) is 22.2 Å². The first kappa shape index (κ1) is 11.1. The van der Waals surface area contributed by atoms with Crippen LogP contribution in [-0.2, 0) is 6.42 Å². The molecule has 2 aromatic heterocycles. The molecule has 1 N–H and O–H groups in total. The molecule has 0 saturated heterocycles. The molecule has 0 saturated carbocycles. The van der Waals surface area contributed by atoms with Crippen LogP contribution in [0.4, 0.5) is 0 Å². The highest BCUT2D eigenvalue weighted by atomic mass is 16.3. The number of unbranched alkanes of at least 4 members (excludes halogenated alkanes) is 1. The number of hydrogen-bond donors (Lipinski definition) is 1. The zero-order valence-electron chi connectivity index (χ0n) is 10.6. The summed E-state index contributed by atoms with van der Waals surface area (Å²) in [6, 6.07) is 12.5. The Hall–Kier alpha value is -1.96. The van der Waals surface area contributed by atoms with Crippen molar-refractivity contribution in [2.45, 2.75) is 26.2 Å². The van der Waals surface area contributed by atoms with E-state index in [0.717, 1.165) is 17.7 Å². The highest BCUT2D eigenvalue weighted by Gasteiger charge is 2.08. The van der Waals surface area contributed by atoms with Gasteiger partial charge in [-0.3, -0.25) is 0 Å². The summed E-state index contributed by atoms with van der Waals surface area (Å²) in [4.78, 5) is 3.49. The van der Waals surface area contributed by atoms with Gasteiger partial charge in [0.2, 0.25) is 0 Å². The van der Waals surface area contributed by atoms with E-state index < -0.39 is 0 Å². The quantitative estimate of drug-likeness (QED) is 0.698. The van der Waals surface area contributed by atoms with Gasteiger partial charge in [-0.2, -0.15) is 0 Å². The number of rotatable bonds is 4. The lowest BCUT2D eigenvalue weighted by atomic mass is 10.1. The predicted molar refractivity (Wildman–Crippen MR) is 74.6 cm³/mol. The van der Waals surface area contributed by atoms with E-state index >= 15 is 0 Å². The maximum Gasteiger partial charge on any atom is 0.134 e. The fraction of sp³-hybridized carbons (Fsp3) is 0.250. The van der Waals surface area contributed by atoms with Crippen LogP contribution in [0.25, 0.3) is 22.2 Å². The maximum atomic E-state index is 5.50. The van der Waals surface area contributed by atoms with E-state index in [0.29, 0.717) is 0 Å². The molecule has 0 spiro atoms. The molecule has 0 unspecified atom stereocenters. The number of nitrogens with one attached hydrogen (secondary N) is 1. The van der Waals surface area contributed by atoms with Crippen molar-refractivity contribution in [2.24, 2.45) is 0 Å². The number of hydrogen-bond acceptors (Lipinski definition) is 1. The van der Waals surface area contributed by atoms with E-state index in [1.165, 1.54) is 29.4 Å². The number of aromatic nitrogens is 1. The van der Waals surface area contributed by atoms with Gasteiger partial charge in [0.05, 0.1) is 6.26 Å². The third-order valence-corrected chi connectivity index (χ3v) is 3.31. The van der Waals surface area contributed by atoms with E-state index in [1.807, 2.05) is 12.1 Å². The summed E-state index contributed by atoms with van der Waals surface area (Å²) in [7, 11) is 0. The number of H-pyrrole nitrogens is 1. The molecule has 0 amide bonds. The van der Waals surface area contributed by atoms with Crippen molar-refractivity contribution in [1.29, 1.82) is 0 Å². The summed E-state index contributed by atoms with van der Waals surface area (Å²) in [6.07, 6.45) is 5.28. The molecule has 0 bridgehead atoms. The van der Waals surface area contributed by atoms with Crippen molar-refractivity contribution < 1.29 is 4.42 Å². The summed E-state index contributed by atoms with van der Waals surface area (Å²) >= 11 is 0. The van der Waals surface area contributed by atoms with Gasteiger partial charge in [0.15, 0.2) is 0 Å². The van der Waals surface area contributed by atoms with E-state index in [2.05, 4.69) is 36.2 Å². The van der Waals surface area contributed by atoms with Crippen molar-refractivity contribution in [3.63, 3.8) is 0 Å². The minimum atomic E-state index is 0.932. The molecular formula is C16H17NO. The van der Waals surface area contributed by atoms with Gasteiger partial charge in [0.1, 0.15) is 5.76 Å². The molecule has 1 aromatic carbocycles. The first-order valence-corrected chi connectivity index (χ1v) is 6.53. The third-order valence-electron chi connectivity index (χ3n) is 3.31. The van der Waals surface area contributed by atoms with Gasteiger partial charge in [-0.1, -0.05) is 25.5 Å². The molecular weight excluding hydrogens is 222 g/mol. The zero-order valence-corrected chi connectivity index (χ0v) is 10.6. The number of aromatic amines is 1. The molecule has 0 aliphatic carbocycles. The molecule has 0 atom stereocenters. The summed E-state index contributed by atoms with van der Waals surface area (Å²) in [5.74, 6) is 0.932. The maximum absolute atomic E-state index is 5.50. The Morgan fingerprint density at radius 3 is 2.89 bits per heavy atom. The van der Waals surface area contributed by atoms with E-state index in [9.17, 15) is 0 Å². The Morgan fingerprint density at radius 1 is 1.17 bits per heavy atom. The van der Waals surface area contributed by atoms with Crippen molar-refractivity contribution in [2.75, 3.05) is 0 Å². The second-order valence-corrected chi connectivity index (χ2v) is 4.64. The Balaban J connectivity index is 2.07. The fourth-order valence-corrected chi connectivity index (χ4v) is 2.36. The van der Waals surface area contributed by atoms with Crippen molar-refractivity contribution in [3.05, 3.63) is 48.4 Å². The minimum Gasteiger partial charge on any atom is -0.464 e. The second kappa shape index (κ2) is 4.73. The highest BCUT2D eigenvalue weighted by Crippen LogP contribution is 2.29. The smallest absolute Gasteiger partial charge is 0.134 e. The molecule has 2 heterocycles. The van der Waals surface area contributed by atoms with Crippen LogP contribution in [-0.4, -0.2) is 4.98 Å². The summed E-state index contributed by atoms with van der Waals surface area (Å²) in [5, 5.41) is 1.25. The lowest BCUT2D eigenvalue weighted by molar-refractivity contribution is 0.583. The van der Waals surface area contributed by atoms with Crippen LogP contribution in [0.15, 0.2) is 47.1 Å². The van der Waals surface area contributed by atoms with Crippen molar-refractivity contribution >= 4 is 10.9 Å². The number of furan rings is 1. The highest BCUT2D eigenvalue weighted by molar-refractivity contribution is 5.94. The molecule has 3 aromatic rings. The SMILES string of the molecule is CCCCc1cc2c(-c3ccco3)cccc2[nH]1. The van der Waals surface area contributed by atoms with Gasteiger partial charge in [-0.15, -0.1) is 0 Å². The van der Waals surface area contributed by atoms with Crippen LogP contribution in [0, 0.1) is 0 Å². The normalized spacial score (nSPS) is 11.2. The lowest BCUT2D eigenvalue weighted by Gasteiger charge is -1.98. The Kier molecular flexibility index (Phi) is 2.93. The Labute approximate surface area is 107 Å². The molecule has 18 heavy (non-hydrogen) atoms. The lowest BCUT2D eigenvalue weighted by Crippen LogP contribution is -1.82. The van der Waals surface area contributed by atoms with E-state index in [4.69, 9.17) is 4.42 Å². The van der Waals surface area contributed by atoms with Gasteiger partial charge < -0.3 is 9.40 Å². The predicted octanol–water partition coefficient (Wildman–Crippen LogP) is 4.77. The van der Waals surface area contributed by atoms with Crippen LogP contribution in [0.2, 0.25) is 0 Å². The average Bonchev–Trinajstić information content (AvgIpc) is 3.04. The zero-order chi connectivity index (χ0) is 12.4. The monoisotopic (exact) mass is 239 g/mol. The number of benzene rings is 1. The first-order valence-electron chi connectivity index (χ1n) is 6.53. The summed E-state index contributed by atoms with van der Waals surface area (Å²) < 4.78 is 5.50. The van der Waals surface area contributed by atoms with Crippen molar-refractivity contribution in [1.82, 2.24) is 4.98 Å². The second-order valence-electron chi connectivity index (χ2n) is 4.64. The molecule has 0 aliphatic heterocycles. The summed E-state index contributed by atoms with van der Waals surface area (Å²) in [5.41, 5.74) is 3.66. The first-order chi connectivity index (χ1) is 8.88. The molecule has 92 valence electrons. The van der Waals surface area contributed by atoms with E-state index in [-0.39, 0.29) is 0 Å². The van der Waals surface area contributed by atoms with Crippen LogP contribution in [0.1, 0.15) is 25.5 Å². The largest absolute Gasteiger partial charge is 0.464 e. The van der Waals surface area contributed by atoms with Gasteiger partial charge >= 0.3 is 0 Å². The molecule has 0 aliphatic rings. The summed E-state index contributed by atoms with van der Waals surface area (Å²) in [6.45, 7) is 2.22. The molecule has 2 heteroatoms. The van der Waals surface area contributed by atoms with Crippen LogP contribution < -0.4 is 0 Å². The minimum absolute atomic E-state index is 0.932. The average molecular weight is 239 g/mol. The van der Waals surface area contributed by atoms with Gasteiger partial charge in [-0.05, 0) is 37.1 Å². The molecule has 2 nitrogen and oxygen atoms in total. The number of fused-ring (bicyclic) bond motifs is 1. The third kappa shape index (κ3) is 1.94. The van der Waals surface area contributed by atoms with Crippen LogP contribution in [0.5, 0.6) is 0 Å². The standard InChI is InChI=1S/C16H17NO/c1-2-3-6-12-11-14-13(16-9-5-10-18-16)7-4-8-15(14)17-12/h4-5,7-11,17H,2-3,6H2,1H3. The molecule has 0 radical (unpaired) electrons. The van der Waals surface area contributed by atoms with Crippen LogP contribution >= 0.6 is 0 Å². The topological polar surface area (TPSA) is 28.9 Å². The molecule has 3 rings (SSSR count). The Bertz CT molecular complexity index is 634. The van der Waals surface area contributed by atoms with Crippen LogP contribution in [0.3, 0.4) is 0 Å². The van der Waals surface area contributed by atoms with Gasteiger partial charge in [0.25, 0.3) is 0 Å². The Morgan fingerprint density at radius 2 is 2.11 bits per heavy atom. The van der Waals surface area contributed by atoms with Gasteiger partial charge in [-0.25, -0.2) is 0 Å². The number of aryl methyl sites for hydroxylation is 1.